The number of hydrogen-bond donors (Lipinski definition) is 1. The molecule has 2 heterocycles. The van der Waals surface area contributed by atoms with Crippen LogP contribution in [0.3, 0.4) is 0 Å². The normalized spacial score (nSPS) is 10.7. The van der Waals surface area contributed by atoms with Crippen molar-refractivity contribution in [1.82, 2.24) is 19.7 Å². The third-order valence-electron chi connectivity index (χ3n) is 2.55. The number of carbonyl (C=O) groups excluding carboxylic acids is 1. The second kappa shape index (κ2) is 3.92. The lowest BCUT2D eigenvalue weighted by molar-refractivity contribution is 0.248. The summed E-state index contributed by atoms with van der Waals surface area (Å²) in [5, 5.41) is 4.54. The Morgan fingerprint density at radius 2 is 1.94 bits per heavy atom. The van der Waals surface area contributed by atoms with E-state index in [9.17, 15) is 4.79 Å². The maximum atomic E-state index is 11.2. The topological polar surface area (TPSA) is 86.7 Å². The molecule has 0 unspecified atom stereocenters. The van der Waals surface area contributed by atoms with E-state index in [0.29, 0.717) is 16.9 Å². The molecule has 3 aromatic rings. The van der Waals surface area contributed by atoms with Crippen LogP contribution in [0.5, 0.6) is 0 Å². The third kappa shape index (κ3) is 1.60. The molecule has 6 nitrogen and oxygen atoms in total. The Morgan fingerprint density at radius 1 is 1.17 bits per heavy atom. The van der Waals surface area contributed by atoms with Gasteiger partial charge in [0.15, 0.2) is 11.5 Å². The predicted molar refractivity (Wildman–Crippen MR) is 65.7 cm³/mol. The SMILES string of the molecule is NC(=O)n1ncc2cnc(-c3ccccc3)nc21. The van der Waals surface area contributed by atoms with Gasteiger partial charge >= 0.3 is 6.03 Å². The summed E-state index contributed by atoms with van der Waals surface area (Å²) < 4.78 is 1.06. The molecule has 18 heavy (non-hydrogen) atoms. The van der Waals surface area contributed by atoms with Gasteiger partial charge in [-0.15, -0.1) is 0 Å². The summed E-state index contributed by atoms with van der Waals surface area (Å²) in [7, 11) is 0. The molecule has 0 bridgehead atoms. The van der Waals surface area contributed by atoms with Crippen LogP contribution in [0.15, 0.2) is 42.7 Å². The van der Waals surface area contributed by atoms with Gasteiger partial charge in [0.25, 0.3) is 0 Å². The van der Waals surface area contributed by atoms with Crippen LogP contribution in [0.2, 0.25) is 0 Å². The fraction of sp³-hybridized carbons (Fsp3) is 0. The molecule has 0 fully saturated rings. The number of nitrogens with zero attached hydrogens (tertiary/aromatic N) is 4. The van der Waals surface area contributed by atoms with Gasteiger partial charge in [-0.25, -0.2) is 14.8 Å². The molecule has 0 aliphatic heterocycles. The zero-order valence-electron chi connectivity index (χ0n) is 9.32. The van der Waals surface area contributed by atoms with Gasteiger partial charge < -0.3 is 5.73 Å². The molecule has 2 N–H and O–H groups in total. The summed E-state index contributed by atoms with van der Waals surface area (Å²) >= 11 is 0. The lowest BCUT2D eigenvalue weighted by atomic mass is 10.2. The maximum Gasteiger partial charge on any atom is 0.341 e. The van der Waals surface area contributed by atoms with Crippen molar-refractivity contribution in [2.45, 2.75) is 0 Å². The number of primary amides is 1. The van der Waals surface area contributed by atoms with E-state index in [-0.39, 0.29) is 0 Å². The minimum Gasteiger partial charge on any atom is -0.350 e. The van der Waals surface area contributed by atoms with Crippen molar-refractivity contribution >= 4 is 17.1 Å². The maximum absolute atomic E-state index is 11.2. The lowest BCUT2D eigenvalue weighted by Gasteiger charge is -2.00. The van der Waals surface area contributed by atoms with Crippen molar-refractivity contribution in [3.63, 3.8) is 0 Å². The molecule has 1 aromatic carbocycles. The van der Waals surface area contributed by atoms with E-state index >= 15 is 0 Å². The number of hydrogen-bond acceptors (Lipinski definition) is 4. The number of amides is 1. The van der Waals surface area contributed by atoms with Crippen molar-refractivity contribution in [3.8, 4) is 11.4 Å². The van der Waals surface area contributed by atoms with E-state index in [4.69, 9.17) is 5.73 Å². The number of nitrogens with two attached hydrogens (primary N) is 1. The van der Waals surface area contributed by atoms with Crippen LogP contribution < -0.4 is 5.73 Å². The van der Waals surface area contributed by atoms with E-state index in [0.717, 1.165) is 10.2 Å². The Kier molecular flexibility index (Phi) is 2.26. The zero-order valence-corrected chi connectivity index (χ0v) is 9.32. The Morgan fingerprint density at radius 3 is 2.67 bits per heavy atom. The van der Waals surface area contributed by atoms with Gasteiger partial charge in [0.1, 0.15) is 0 Å². The standard InChI is InChI=1S/C12H9N5O/c13-12(18)17-11-9(7-15-17)6-14-10(16-11)8-4-2-1-3-5-8/h1-7H,(H2,13,18). The molecule has 0 saturated carbocycles. The molecule has 0 aliphatic carbocycles. The number of fused-ring (bicyclic) bond motifs is 1. The molecule has 0 atom stereocenters. The van der Waals surface area contributed by atoms with Gasteiger partial charge in [-0.2, -0.15) is 9.78 Å². The second-order valence-electron chi connectivity index (χ2n) is 3.73. The average Bonchev–Trinajstić information content (AvgIpc) is 2.82. The molecule has 0 aliphatic rings. The Hall–Kier alpha value is -2.76. The van der Waals surface area contributed by atoms with Gasteiger partial charge in [0.2, 0.25) is 0 Å². The van der Waals surface area contributed by atoms with E-state index in [1.165, 1.54) is 6.20 Å². The summed E-state index contributed by atoms with van der Waals surface area (Å²) in [6.45, 7) is 0. The van der Waals surface area contributed by atoms with E-state index in [1.807, 2.05) is 30.3 Å². The Balaban J connectivity index is 2.21. The first-order valence-corrected chi connectivity index (χ1v) is 5.32. The van der Waals surface area contributed by atoms with Crippen LogP contribution in [-0.2, 0) is 0 Å². The Bertz CT molecular complexity index is 720. The highest BCUT2D eigenvalue weighted by molar-refractivity contribution is 5.86. The summed E-state index contributed by atoms with van der Waals surface area (Å²) in [5.74, 6) is 0.533. The van der Waals surface area contributed by atoms with Crippen molar-refractivity contribution in [2.24, 2.45) is 5.73 Å². The minimum absolute atomic E-state index is 0.413. The highest BCUT2D eigenvalue weighted by Gasteiger charge is 2.10. The highest BCUT2D eigenvalue weighted by Crippen LogP contribution is 2.17. The Labute approximate surface area is 102 Å². The average molecular weight is 239 g/mol. The van der Waals surface area contributed by atoms with Crippen molar-refractivity contribution < 1.29 is 4.79 Å². The number of aromatic nitrogens is 4. The number of benzene rings is 1. The van der Waals surface area contributed by atoms with Crippen molar-refractivity contribution in [3.05, 3.63) is 42.7 Å². The molecule has 0 spiro atoms. The van der Waals surface area contributed by atoms with Crippen molar-refractivity contribution in [1.29, 1.82) is 0 Å². The predicted octanol–water partition coefficient (Wildman–Crippen LogP) is 1.42. The molecular formula is C12H9N5O. The van der Waals surface area contributed by atoms with Gasteiger partial charge in [0, 0.05) is 11.8 Å². The van der Waals surface area contributed by atoms with E-state index < -0.39 is 6.03 Å². The zero-order chi connectivity index (χ0) is 12.5. The molecule has 3 rings (SSSR count). The summed E-state index contributed by atoms with van der Waals surface area (Å²) in [5.41, 5.74) is 6.50. The van der Waals surface area contributed by atoms with Gasteiger partial charge in [-0.05, 0) is 0 Å². The van der Waals surface area contributed by atoms with Crippen LogP contribution in [0, 0.1) is 0 Å². The molecule has 1 amide bonds. The number of carbonyl (C=O) groups is 1. The van der Waals surface area contributed by atoms with Crippen LogP contribution >= 0.6 is 0 Å². The van der Waals surface area contributed by atoms with E-state index in [2.05, 4.69) is 15.1 Å². The molecule has 0 radical (unpaired) electrons. The molecular weight excluding hydrogens is 230 g/mol. The largest absolute Gasteiger partial charge is 0.350 e. The number of rotatable bonds is 1. The van der Waals surface area contributed by atoms with Crippen LogP contribution in [0.4, 0.5) is 4.79 Å². The fourth-order valence-electron chi connectivity index (χ4n) is 1.71. The summed E-state index contributed by atoms with van der Waals surface area (Å²) in [6, 6.07) is 8.83. The second-order valence-corrected chi connectivity index (χ2v) is 3.73. The van der Waals surface area contributed by atoms with Crippen LogP contribution in [-0.4, -0.2) is 25.8 Å². The first-order chi connectivity index (χ1) is 8.75. The smallest absolute Gasteiger partial charge is 0.341 e. The van der Waals surface area contributed by atoms with Gasteiger partial charge in [0.05, 0.1) is 11.6 Å². The monoisotopic (exact) mass is 239 g/mol. The fourth-order valence-corrected chi connectivity index (χ4v) is 1.71. The molecule has 6 heteroatoms. The first-order valence-electron chi connectivity index (χ1n) is 5.32. The lowest BCUT2D eigenvalue weighted by Crippen LogP contribution is -2.21. The molecule has 2 aromatic heterocycles. The first kappa shape index (κ1) is 10.4. The minimum atomic E-state index is -0.664. The molecule has 0 saturated heterocycles. The quantitative estimate of drug-likeness (QED) is 0.695. The van der Waals surface area contributed by atoms with Crippen LogP contribution in [0.1, 0.15) is 0 Å². The van der Waals surface area contributed by atoms with Gasteiger partial charge in [-0.3, -0.25) is 0 Å². The third-order valence-corrected chi connectivity index (χ3v) is 2.55. The summed E-state index contributed by atoms with van der Waals surface area (Å²) in [6.07, 6.45) is 3.13. The highest BCUT2D eigenvalue weighted by atomic mass is 16.2. The van der Waals surface area contributed by atoms with E-state index in [1.54, 1.807) is 6.20 Å². The summed E-state index contributed by atoms with van der Waals surface area (Å²) in [4.78, 5) is 19.7. The molecule has 88 valence electrons. The van der Waals surface area contributed by atoms with Gasteiger partial charge in [-0.1, -0.05) is 30.3 Å². The van der Waals surface area contributed by atoms with Crippen LogP contribution in [0.25, 0.3) is 22.4 Å². The van der Waals surface area contributed by atoms with Crippen molar-refractivity contribution in [2.75, 3.05) is 0 Å².